The van der Waals surface area contributed by atoms with Crippen LogP contribution in [0.4, 0.5) is 11.4 Å². The standard InChI is InChI=1S/C22H18ClN3O3S/c23-14-3-5-19-17(12-14)25-21(26-7-9-28-10-8-26)16-13-15(4-6-18(16)29-19)24-22(27)20-2-1-11-30-20/h1-6,11-13H,7-10H2,(H,24,27). The third kappa shape index (κ3) is 3.79. The molecule has 0 atom stereocenters. The predicted octanol–water partition coefficient (Wildman–Crippen LogP) is 5.17. The Morgan fingerprint density at radius 2 is 1.93 bits per heavy atom. The van der Waals surface area contributed by atoms with Gasteiger partial charge in [0.25, 0.3) is 5.91 Å². The second-order valence-corrected chi connectivity index (χ2v) is 8.28. The van der Waals surface area contributed by atoms with Crippen molar-refractivity contribution in [1.29, 1.82) is 0 Å². The van der Waals surface area contributed by atoms with Gasteiger partial charge in [0.2, 0.25) is 0 Å². The molecular formula is C22H18ClN3O3S. The second-order valence-electron chi connectivity index (χ2n) is 6.89. The van der Waals surface area contributed by atoms with Crippen molar-refractivity contribution >= 4 is 46.1 Å². The lowest BCUT2D eigenvalue weighted by Crippen LogP contribution is -2.41. The molecule has 8 heteroatoms. The molecule has 5 rings (SSSR count). The van der Waals surface area contributed by atoms with Gasteiger partial charge in [0, 0.05) is 23.8 Å². The molecule has 30 heavy (non-hydrogen) atoms. The number of aliphatic imine (C=N–C) groups is 1. The van der Waals surface area contributed by atoms with Crippen molar-refractivity contribution in [1.82, 2.24) is 4.90 Å². The number of hydrogen-bond donors (Lipinski definition) is 1. The Kier molecular flexibility index (Phi) is 5.16. The minimum absolute atomic E-state index is 0.139. The summed E-state index contributed by atoms with van der Waals surface area (Å²) in [6.07, 6.45) is 0. The predicted molar refractivity (Wildman–Crippen MR) is 119 cm³/mol. The average Bonchev–Trinajstić information content (AvgIpc) is 3.25. The van der Waals surface area contributed by atoms with Crippen LogP contribution in [-0.2, 0) is 4.74 Å². The van der Waals surface area contributed by atoms with E-state index in [4.69, 9.17) is 26.1 Å². The number of thiophene rings is 1. The summed E-state index contributed by atoms with van der Waals surface area (Å²) in [5.41, 5.74) is 2.17. The summed E-state index contributed by atoms with van der Waals surface area (Å²) in [7, 11) is 0. The number of fused-ring (bicyclic) bond motifs is 2. The molecule has 152 valence electrons. The smallest absolute Gasteiger partial charge is 0.265 e. The van der Waals surface area contributed by atoms with Crippen LogP contribution in [0.2, 0.25) is 5.02 Å². The number of nitrogens with zero attached hydrogens (tertiary/aromatic N) is 2. The van der Waals surface area contributed by atoms with Crippen molar-refractivity contribution in [2.45, 2.75) is 0 Å². The van der Waals surface area contributed by atoms with Crippen molar-refractivity contribution in [3.8, 4) is 11.5 Å². The first kappa shape index (κ1) is 19.1. The van der Waals surface area contributed by atoms with E-state index >= 15 is 0 Å². The van der Waals surface area contributed by atoms with Crippen molar-refractivity contribution in [3.63, 3.8) is 0 Å². The van der Waals surface area contributed by atoms with Gasteiger partial charge in [-0.3, -0.25) is 4.79 Å². The Balaban J connectivity index is 1.56. The van der Waals surface area contributed by atoms with Crippen molar-refractivity contribution in [2.75, 3.05) is 31.6 Å². The van der Waals surface area contributed by atoms with E-state index in [1.165, 1.54) is 11.3 Å². The van der Waals surface area contributed by atoms with E-state index < -0.39 is 0 Å². The van der Waals surface area contributed by atoms with Gasteiger partial charge in [-0.15, -0.1) is 11.3 Å². The van der Waals surface area contributed by atoms with Crippen LogP contribution in [0.15, 0.2) is 58.9 Å². The minimum atomic E-state index is -0.139. The minimum Gasteiger partial charge on any atom is -0.454 e. The highest BCUT2D eigenvalue weighted by molar-refractivity contribution is 7.12. The summed E-state index contributed by atoms with van der Waals surface area (Å²) in [4.78, 5) is 20.2. The number of amides is 1. The molecular weight excluding hydrogens is 422 g/mol. The molecule has 0 unspecified atom stereocenters. The van der Waals surface area contributed by atoms with E-state index in [2.05, 4.69) is 10.2 Å². The molecule has 0 bridgehead atoms. The first-order valence-corrected chi connectivity index (χ1v) is 10.8. The Morgan fingerprint density at radius 1 is 1.10 bits per heavy atom. The number of nitrogens with one attached hydrogen (secondary N) is 1. The van der Waals surface area contributed by atoms with Crippen LogP contribution in [0.25, 0.3) is 0 Å². The number of ether oxygens (including phenoxy) is 2. The molecule has 2 aromatic carbocycles. The van der Waals surface area contributed by atoms with Gasteiger partial charge in [-0.05, 0) is 47.8 Å². The number of amidine groups is 1. The van der Waals surface area contributed by atoms with Crippen LogP contribution in [0.3, 0.4) is 0 Å². The summed E-state index contributed by atoms with van der Waals surface area (Å²) >= 11 is 7.60. The highest BCUT2D eigenvalue weighted by Crippen LogP contribution is 2.40. The zero-order valence-electron chi connectivity index (χ0n) is 15.9. The largest absolute Gasteiger partial charge is 0.454 e. The van der Waals surface area contributed by atoms with Crippen LogP contribution in [-0.4, -0.2) is 42.9 Å². The lowest BCUT2D eigenvalue weighted by molar-refractivity contribution is 0.0683. The quantitative estimate of drug-likeness (QED) is 0.598. The van der Waals surface area contributed by atoms with Crippen LogP contribution in [0.5, 0.6) is 11.5 Å². The molecule has 1 aromatic heterocycles. The topological polar surface area (TPSA) is 63.2 Å². The number of hydrogen-bond acceptors (Lipinski definition) is 6. The van der Waals surface area contributed by atoms with Gasteiger partial charge < -0.3 is 19.7 Å². The summed E-state index contributed by atoms with van der Waals surface area (Å²) < 4.78 is 11.7. The van der Waals surface area contributed by atoms with Crippen LogP contribution in [0.1, 0.15) is 15.2 Å². The van der Waals surface area contributed by atoms with Gasteiger partial charge in [0.15, 0.2) is 5.75 Å². The van der Waals surface area contributed by atoms with E-state index in [0.29, 0.717) is 46.0 Å². The Labute approximate surface area is 182 Å². The number of morpholine rings is 1. The molecule has 1 saturated heterocycles. The Morgan fingerprint density at radius 3 is 2.73 bits per heavy atom. The third-order valence-electron chi connectivity index (χ3n) is 4.90. The number of benzene rings is 2. The SMILES string of the molecule is O=C(Nc1ccc2c(c1)C(N1CCOCC1)=Nc1cc(Cl)ccc1O2)c1cccs1. The molecule has 3 aromatic rings. The molecule has 2 aliphatic rings. The first-order valence-electron chi connectivity index (χ1n) is 9.55. The van der Waals surface area contributed by atoms with Gasteiger partial charge in [0.1, 0.15) is 17.3 Å². The third-order valence-corrected chi connectivity index (χ3v) is 6.00. The Hall–Kier alpha value is -2.87. The van der Waals surface area contributed by atoms with E-state index in [1.54, 1.807) is 18.2 Å². The van der Waals surface area contributed by atoms with E-state index in [1.807, 2.05) is 35.7 Å². The molecule has 6 nitrogen and oxygen atoms in total. The molecule has 1 fully saturated rings. The maximum absolute atomic E-state index is 12.5. The second kappa shape index (κ2) is 8.10. The van der Waals surface area contributed by atoms with Crippen LogP contribution in [0, 0.1) is 0 Å². The number of halogens is 1. The fraction of sp³-hybridized carbons (Fsp3) is 0.182. The summed E-state index contributed by atoms with van der Waals surface area (Å²) in [6.45, 7) is 2.71. The molecule has 0 spiro atoms. The normalized spacial score (nSPS) is 15.4. The number of rotatable bonds is 2. The molecule has 0 saturated carbocycles. The average molecular weight is 440 g/mol. The van der Waals surface area contributed by atoms with Crippen molar-refractivity contribution in [3.05, 3.63) is 69.4 Å². The number of carbonyl (C=O) groups is 1. The number of carbonyl (C=O) groups excluding carboxylic acids is 1. The van der Waals surface area contributed by atoms with E-state index in [9.17, 15) is 4.79 Å². The lowest BCUT2D eigenvalue weighted by atomic mass is 10.1. The van der Waals surface area contributed by atoms with Crippen molar-refractivity contribution in [2.24, 2.45) is 4.99 Å². The lowest BCUT2D eigenvalue weighted by Gasteiger charge is -2.30. The zero-order chi connectivity index (χ0) is 20.5. The molecule has 3 heterocycles. The molecule has 0 aliphatic carbocycles. The first-order chi connectivity index (χ1) is 14.7. The highest BCUT2D eigenvalue weighted by Gasteiger charge is 2.25. The summed E-state index contributed by atoms with van der Waals surface area (Å²) in [5, 5.41) is 5.44. The monoisotopic (exact) mass is 439 g/mol. The van der Waals surface area contributed by atoms with Crippen LogP contribution >= 0.6 is 22.9 Å². The summed E-state index contributed by atoms with van der Waals surface area (Å²) in [6, 6.07) is 14.7. The molecule has 0 radical (unpaired) electrons. The fourth-order valence-corrected chi connectivity index (χ4v) is 4.23. The molecule has 1 amide bonds. The van der Waals surface area contributed by atoms with Gasteiger partial charge in [0.05, 0.1) is 23.7 Å². The molecule has 2 aliphatic heterocycles. The van der Waals surface area contributed by atoms with Gasteiger partial charge in [-0.25, -0.2) is 4.99 Å². The Bertz CT molecular complexity index is 1120. The van der Waals surface area contributed by atoms with E-state index in [0.717, 1.165) is 24.5 Å². The maximum Gasteiger partial charge on any atom is 0.265 e. The van der Waals surface area contributed by atoms with Gasteiger partial charge >= 0.3 is 0 Å². The maximum atomic E-state index is 12.5. The fourth-order valence-electron chi connectivity index (χ4n) is 3.45. The summed E-state index contributed by atoms with van der Waals surface area (Å²) in [5.74, 6) is 1.95. The highest BCUT2D eigenvalue weighted by atomic mass is 35.5. The number of anilines is 1. The molecule has 1 N–H and O–H groups in total. The van der Waals surface area contributed by atoms with Crippen molar-refractivity contribution < 1.29 is 14.3 Å². The van der Waals surface area contributed by atoms with Gasteiger partial charge in [-0.2, -0.15) is 0 Å². The van der Waals surface area contributed by atoms with Crippen LogP contribution < -0.4 is 10.1 Å². The van der Waals surface area contributed by atoms with E-state index in [-0.39, 0.29) is 5.91 Å². The zero-order valence-corrected chi connectivity index (χ0v) is 17.5. The van der Waals surface area contributed by atoms with Gasteiger partial charge in [-0.1, -0.05) is 17.7 Å².